The van der Waals surface area contributed by atoms with Crippen LogP contribution in [-0.2, 0) is 0 Å². The van der Waals surface area contributed by atoms with Crippen LogP contribution in [0, 0.1) is 5.82 Å². The van der Waals surface area contributed by atoms with Crippen molar-refractivity contribution in [2.75, 3.05) is 4.90 Å². The van der Waals surface area contributed by atoms with E-state index in [4.69, 9.17) is 28.2 Å². The predicted molar refractivity (Wildman–Crippen MR) is 130 cm³/mol. The molecule has 2 aromatic heterocycles. The van der Waals surface area contributed by atoms with Gasteiger partial charge in [-0.1, -0.05) is 17.7 Å². The van der Waals surface area contributed by atoms with Gasteiger partial charge in [0.2, 0.25) is 0 Å². The van der Waals surface area contributed by atoms with E-state index in [0.717, 1.165) is 5.69 Å². The average molecular weight is 494 g/mol. The first-order valence-electron chi connectivity index (χ1n) is 10.3. The Balaban J connectivity index is 1.61. The summed E-state index contributed by atoms with van der Waals surface area (Å²) in [6.45, 7) is 0. The van der Waals surface area contributed by atoms with Crippen LogP contribution in [0.1, 0.15) is 33.9 Å². The van der Waals surface area contributed by atoms with E-state index >= 15 is 0 Å². The van der Waals surface area contributed by atoms with E-state index < -0.39 is 12.0 Å². The summed E-state index contributed by atoms with van der Waals surface area (Å²) in [6.07, 6.45) is 1.70. The normalized spacial score (nSPS) is 17.6. The number of hydrogen-bond donors (Lipinski definition) is 2. The van der Waals surface area contributed by atoms with Gasteiger partial charge in [0.25, 0.3) is 0 Å². The maximum absolute atomic E-state index is 13.6. The molecule has 2 N–H and O–H groups in total. The summed E-state index contributed by atoms with van der Waals surface area (Å²) in [4.78, 5) is 17.8. The third-order valence-electron chi connectivity index (χ3n) is 5.60. The number of halogens is 2. The number of aromatic carboxylic acids is 1. The maximum Gasteiger partial charge on any atom is 0.335 e. The molecule has 5 rings (SSSR count). The second-order valence-electron chi connectivity index (χ2n) is 7.67. The number of furan rings is 1. The number of carboxylic acid groups (broad SMARTS) is 1. The highest BCUT2D eigenvalue weighted by atomic mass is 35.5. The minimum atomic E-state index is -1.06. The van der Waals surface area contributed by atoms with Crippen molar-refractivity contribution >= 4 is 40.6 Å². The fourth-order valence-electron chi connectivity index (χ4n) is 4.03. The zero-order valence-corrected chi connectivity index (χ0v) is 19.1. The number of thiocarbonyl (C=S) groups is 1. The fraction of sp³-hybridized carbons (Fsp3) is 0.0800. The van der Waals surface area contributed by atoms with Crippen LogP contribution >= 0.6 is 23.8 Å². The molecule has 6 nitrogen and oxygen atoms in total. The molecule has 2 aromatic carbocycles. The van der Waals surface area contributed by atoms with Crippen LogP contribution in [-0.4, -0.2) is 21.2 Å². The number of carbonyl (C=O) groups is 1. The number of nitrogens with one attached hydrogen (secondary N) is 1. The Labute approximate surface area is 204 Å². The van der Waals surface area contributed by atoms with Crippen LogP contribution in [0.3, 0.4) is 0 Å². The Morgan fingerprint density at radius 1 is 1.12 bits per heavy atom. The quantitative estimate of drug-likeness (QED) is 0.330. The molecule has 34 heavy (non-hydrogen) atoms. The summed E-state index contributed by atoms with van der Waals surface area (Å²) in [5.41, 5.74) is 2.00. The number of hydrogen-bond acceptors (Lipinski definition) is 4. The van der Waals surface area contributed by atoms with Gasteiger partial charge in [0.1, 0.15) is 23.4 Å². The first-order chi connectivity index (χ1) is 16.4. The second-order valence-corrected chi connectivity index (χ2v) is 8.47. The topological polar surface area (TPSA) is 78.6 Å². The van der Waals surface area contributed by atoms with Crippen molar-refractivity contribution in [2.24, 2.45) is 0 Å². The lowest BCUT2D eigenvalue weighted by molar-refractivity contribution is 0.0697. The predicted octanol–water partition coefficient (Wildman–Crippen LogP) is 6.01. The number of pyridine rings is 1. The molecule has 0 radical (unpaired) electrons. The smallest absolute Gasteiger partial charge is 0.335 e. The fourth-order valence-corrected chi connectivity index (χ4v) is 4.58. The summed E-state index contributed by atoms with van der Waals surface area (Å²) < 4.78 is 19.8. The molecule has 2 atom stereocenters. The van der Waals surface area contributed by atoms with Crippen molar-refractivity contribution in [1.29, 1.82) is 0 Å². The van der Waals surface area contributed by atoms with Crippen LogP contribution in [0.25, 0.3) is 11.3 Å². The first kappa shape index (κ1) is 22.1. The summed E-state index contributed by atoms with van der Waals surface area (Å²) in [6, 6.07) is 18.8. The van der Waals surface area contributed by atoms with Crippen molar-refractivity contribution in [3.05, 3.63) is 107 Å². The van der Waals surface area contributed by atoms with Gasteiger partial charge in [0.05, 0.1) is 22.3 Å². The van der Waals surface area contributed by atoms with Gasteiger partial charge in [0, 0.05) is 17.4 Å². The lowest BCUT2D eigenvalue weighted by Crippen LogP contribution is -2.29. The van der Waals surface area contributed by atoms with Crippen LogP contribution in [0.15, 0.2) is 83.4 Å². The molecule has 0 bridgehead atoms. The van der Waals surface area contributed by atoms with Gasteiger partial charge in [-0.2, -0.15) is 0 Å². The van der Waals surface area contributed by atoms with Crippen LogP contribution in [0.5, 0.6) is 0 Å². The largest absolute Gasteiger partial charge is 0.478 e. The van der Waals surface area contributed by atoms with Gasteiger partial charge < -0.3 is 19.7 Å². The minimum Gasteiger partial charge on any atom is -0.478 e. The van der Waals surface area contributed by atoms with E-state index in [1.165, 1.54) is 30.3 Å². The van der Waals surface area contributed by atoms with Crippen molar-refractivity contribution in [2.45, 2.75) is 12.1 Å². The highest BCUT2D eigenvalue weighted by molar-refractivity contribution is 7.80. The highest BCUT2D eigenvalue weighted by Gasteiger charge is 2.42. The van der Waals surface area contributed by atoms with Gasteiger partial charge in [0.15, 0.2) is 5.11 Å². The summed E-state index contributed by atoms with van der Waals surface area (Å²) in [7, 11) is 0. The van der Waals surface area contributed by atoms with E-state index in [9.17, 15) is 14.3 Å². The molecular weight excluding hydrogens is 477 g/mol. The van der Waals surface area contributed by atoms with Crippen molar-refractivity contribution in [3.8, 4) is 11.3 Å². The number of benzene rings is 2. The molecule has 0 spiro atoms. The zero-order valence-electron chi connectivity index (χ0n) is 17.5. The maximum atomic E-state index is 13.6. The van der Waals surface area contributed by atoms with E-state index in [1.807, 2.05) is 23.1 Å². The SMILES string of the molecule is O=C(O)c1ccc(Cl)c(-c2ccc(C3C(c4ccccn4)NC(=S)N3c3ccc(F)cc3)o2)c1. The zero-order chi connectivity index (χ0) is 23.8. The molecule has 9 heteroatoms. The van der Waals surface area contributed by atoms with E-state index in [2.05, 4.69) is 10.3 Å². The molecule has 1 saturated heterocycles. The van der Waals surface area contributed by atoms with Gasteiger partial charge >= 0.3 is 5.97 Å². The Hall–Kier alpha value is -3.75. The Kier molecular flexibility index (Phi) is 5.77. The molecule has 0 saturated carbocycles. The molecule has 1 fully saturated rings. The Morgan fingerprint density at radius 3 is 2.62 bits per heavy atom. The van der Waals surface area contributed by atoms with Gasteiger partial charge in [-0.15, -0.1) is 0 Å². The molecule has 3 heterocycles. The third kappa shape index (κ3) is 4.02. The van der Waals surface area contributed by atoms with Gasteiger partial charge in [-0.05, 0) is 78.9 Å². The lowest BCUT2D eigenvalue weighted by Gasteiger charge is -2.26. The molecular formula is C25H17ClFN3O3S. The Bertz CT molecular complexity index is 1380. The van der Waals surface area contributed by atoms with E-state index in [1.54, 1.807) is 30.5 Å². The van der Waals surface area contributed by atoms with Crippen molar-refractivity contribution in [3.63, 3.8) is 0 Å². The molecule has 2 unspecified atom stereocenters. The van der Waals surface area contributed by atoms with E-state index in [-0.39, 0.29) is 17.4 Å². The van der Waals surface area contributed by atoms with Gasteiger partial charge in [-0.25, -0.2) is 9.18 Å². The number of carboxylic acids is 1. The number of aromatic nitrogens is 1. The van der Waals surface area contributed by atoms with Crippen LogP contribution in [0.2, 0.25) is 5.02 Å². The summed E-state index contributed by atoms with van der Waals surface area (Å²) in [5, 5.41) is 13.5. The number of nitrogens with zero attached hydrogens (tertiary/aromatic N) is 2. The summed E-state index contributed by atoms with van der Waals surface area (Å²) >= 11 is 12.0. The van der Waals surface area contributed by atoms with Crippen molar-refractivity contribution in [1.82, 2.24) is 10.3 Å². The standard InChI is InChI=1S/C25H17ClFN3O3S/c26-18-9-4-14(24(31)32)13-17(18)20-10-11-21(33-20)23-22(19-3-1-2-12-28-19)29-25(34)30(23)16-7-5-15(27)6-8-16/h1-13,22-23H,(H,29,34)(H,31,32). The number of anilines is 1. The molecule has 1 aliphatic rings. The average Bonchev–Trinajstić information content (AvgIpc) is 3.45. The molecule has 0 amide bonds. The molecule has 4 aromatic rings. The van der Waals surface area contributed by atoms with Crippen LogP contribution in [0.4, 0.5) is 10.1 Å². The van der Waals surface area contributed by atoms with Gasteiger partial charge in [-0.3, -0.25) is 4.98 Å². The molecule has 0 aliphatic carbocycles. The van der Waals surface area contributed by atoms with Crippen molar-refractivity contribution < 1.29 is 18.7 Å². The highest BCUT2D eigenvalue weighted by Crippen LogP contribution is 2.43. The number of rotatable bonds is 5. The minimum absolute atomic E-state index is 0.0976. The van der Waals surface area contributed by atoms with Crippen LogP contribution < -0.4 is 10.2 Å². The molecule has 170 valence electrons. The van der Waals surface area contributed by atoms with E-state index in [0.29, 0.717) is 32.9 Å². The monoisotopic (exact) mass is 493 g/mol. The molecule has 1 aliphatic heterocycles. The second kappa shape index (κ2) is 8.89. The summed E-state index contributed by atoms with van der Waals surface area (Å²) in [5.74, 6) is -0.445. The third-order valence-corrected chi connectivity index (χ3v) is 6.24. The Morgan fingerprint density at radius 2 is 1.91 bits per heavy atom. The first-order valence-corrected chi connectivity index (χ1v) is 11.1. The lowest BCUT2D eigenvalue weighted by atomic mass is 10.0.